The molecule has 0 aromatic heterocycles. The molecular weight excluding hydrogens is 272 g/mol. The summed E-state index contributed by atoms with van der Waals surface area (Å²) in [7, 11) is 3.65. The van der Waals surface area contributed by atoms with E-state index in [0.29, 0.717) is 5.75 Å². The van der Waals surface area contributed by atoms with Gasteiger partial charge in [0.25, 0.3) is 5.69 Å². The first kappa shape index (κ1) is 15.5. The third-order valence-electron chi connectivity index (χ3n) is 3.74. The molecule has 2 rings (SSSR count). The van der Waals surface area contributed by atoms with Gasteiger partial charge in [0.15, 0.2) is 0 Å². The molecule has 0 atom stereocenters. The summed E-state index contributed by atoms with van der Waals surface area (Å²) in [6, 6.07) is 4.62. The van der Waals surface area contributed by atoms with Gasteiger partial charge in [-0.25, -0.2) is 0 Å². The predicted octanol–water partition coefficient (Wildman–Crippen LogP) is 1.26. The molecule has 21 heavy (non-hydrogen) atoms. The molecule has 1 fully saturated rings. The number of ether oxygens (including phenoxy) is 1. The fourth-order valence-electron chi connectivity index (χ4n) is 2.36. The monoisotopic (exact) mass is 294 g/mol. The Bertz CT molecular complexity index is 487. The number of hydrogen-bond acceptors (Lipinski definition) is 6. The average Bonchev–Trinajstić information content (AvgIpc) is 2.49. The number of methoxy groups -OCH3 is 1. The van der Waals surface area contributed by atoms with Gasteiger partial charge in [0, 0.05) is 45.3 Å². The summed E-state index contributed by atoms with van der Waals surface area (Å²) in [6.07, 6.45) is 0. The molecule has 0 saturated carbocycles. The summed E-state index contributed by atoms with van der Waals surface area (Å²) >= 11 is 0. The van der Waals surface area contributed by atoms with Gasteiger partial charge in [0.05, 0.1) is 23.8 Å². The fourth-order valence-corrected chi connectivity index (χ4v) is 2.36. The second-order valence-corrected chi connectivity index (χ2v) is 5.21. The van der Waals surface area contributed by atoms with Crippen molar-refractivity contribution in [2.45, 2.75) is 0 Å². The maximum absolute atomic E-state index is 10.7. The predicted molar refractivity (Wildman–Crippen MR) is 82.1 cm³/mol. The Kier molecular flexibility index (Phi) is 5.35. The number of nitro groups is 1. The molecule has 1 heterocycles. The number of likely N-dealkylation sites (N-methyl/N-ethyl adjacent to an activating group) is 1. The largest absolute Gasteiger partial charge is 0.494 e. The summed E-state index contributed by atoms with van der Waals surface area (Å²) in [5.74, 6) is 0.502. The van der Waals surface area contributed by atoms with Gasteiger partial charge in [-0.05, 0) is 13.1 Å². The maximum atomic E-state index is 10.7. The van der Waals surface area contributed by atoms with E-state index in [1.807, 2.05) is 0 Å². The van der Waals surface area contributed by atoms with Gasteiger partial charge in [-0.15, -0.1) is 0 Å². The van der Waals surface area contributed by atoms with E-state index in [-0.39, 0.29) is 5.69 Å². The molecule has 7 nitrogen and oxygen atoms in total. The summed E-state index contributed by atoms with van der Waals surface area (Å²) in [5.41, 5.74) is 0.827. The Morgan fingerprint density at radius 3 is 2.67 bits per heavy atom. The van der Waals surface area contributed by atoms with Crippen molar-refractivity contribution in [3.05, 3.63) is 28.3 Å². The first-order chi connectivity index (χ1) is 10.1. The van der Waals surface area contributed by atoms with Crippen LogP contribution in [-0.2, 0) is 0 Å². The van der Waals surface area contributed by atoms with E-state index in [2.05, 4.69) is 22.2 Å². The molecular formula is C14H22N4O3. The minimum Gasteiger partial charge on any atom is -0.494 e. The highest BCUT2D eigenvalue weighted by Gasteiger charge is 2.14. The molecule has 1 N–H and O–H groups in total. The lowest BCUT2D eigenvalue weighted by atomic mass is 10.2. The van der Waals surface area contributed by atoms with Crippen LogP contribution in [0.5, 0.6) is 5.75 Å². The van der Waals surface area contributed by atoms with Crippen LogP contribution in [0.3, 0.4) is 0 Å². The number of nitro benzene ring substituents is 1. The van der Waals surface area contributed by atoms with Gasteiger partial charge in [-0.1, -0.05) is 0 Å². The average molecular weight is 294 g/mol. The minimum absolute atomic E-state index is 0.0384. The van der Waals surface area contributed by atoms with Gasteiger partial charge in [0.1, 0.15) is 5.75 Å². The van der Waals surface area contributed by atoms with Gasteiger partial charge in [-0.3, -0.25) is 15.0 Å². The quantitative estimate of drug-likeness (QED) is 0.629. The first-order valence-corrected chi connectivity index (χ1v) is 7.07. The number of nitrogens with one attached hydrogen (secondary N) is 1. The van der Waals surface area contributed by atoms with E-state index in [4.69, 9.17) is 4.74 Å². The van der Waals surface area contributed by atoms with Crippen LogP contribution in [0.2, 0.25) is 0 Å². The van der Waals surface area contributed by atoms with Crippen molar-refractivity contribution in [2.24, 2.45) is 0 Å². The van der Waals surface area contributed by atoms with Crippen LogP contribution in [0.25, 0.3) is 0 Å². The van der Waals surface area contributed by atoms with Crippen LogP contribution < -0.4 is 10.1 Å². The second-order valence-electron chi connectivity index (χ2n) is 5.21. The van der Waals surface area contributed by atoms with E-state index in [1.54, 1.807) is 6.07 Å². The Hall–Kier alpha value is -1.86. The highest BCUT2D eigenvalue weighted by atomic mass is 16.6. The molecule has 0 radical (unpaired) electrons. The van der Waals surface area contributed by atoms with E-state index in [1.165, 1.54) is 19.2 Å². The Balaban J connectivity index is 1.86. The molecule has 1 aliphatic heterocycles. The van der Waals surface area contributed by atoms with Crippen molar-refractivity contribution in [2.75, 3.05) is 58.7 Å². The fraction of sp³-hybridized carbons (Fsp3) is 0.571. The highest BCUT2D eigenvalue weighted by molar-refractivity contribution is 5.60. The van der Waals surface area contributed by atoms with Crippen LogP contribution in [-0.4, -0.2) is 68.1 Å². The van der Waals surface area contributed by atoms with Crippen molar-refractivity contribution >= 4 is 11.4 Å². The van der Waals surface area contributed by atoms with Crippen molar-refractivity contribution in [3.63, 3.8) is 0 Å². The molecule has 0 bridgehead atoms. The number of nitrogens with zero attached hydrogens (tertiary/aromatic N) is 3. The standard InChI is InChI=1S/C14H22N4O3/c1-16-7-9-17(10-8-16)6-5-15-13-4-3-12(18(19)20)11-14(13)21-2/h3-4,11,15H,5-10H2,1-2H3. The summed E-state index contributed by atoms with van der Waals surface area (Å²) in [5, 5.41) is 14.0. The molecule has 0 spiro atoms. The summed E-state index contributed by atoms with van der Waals surface area (Å²) in [6.45, 7) is 6.10. The Labute approximate surface area is 124 Å². The van der Waals surface area contributed by atoms with Crippen LogP contribution in [0.4, 0.5) is 11.4 Å². The lowest BCUT2D eigenvalue weighted by molar-refractivity contribution is -0.384. The number of benzene rings is 1. The number of hydrogen-bond donors (Lipinski definition) is 1. The normalized spacial score (nSPS) is 16.7. The zero-order chi connectivity index (χ0) is 15.2. The SMILES string of the molecule is COc1cc([N+](=O)[O-])ccc1NCCN1CCN(C)CC1. The van der Waals surface area contributed by atoms with Gasteiger partial charge >= 0.3 is 0 Å². The highest BCUT2D eigenvalue weighted by Crippen LogP contribution is 2.28. The molecule has 116 valence electrons. The third kappa shape index (κ3) is 4.30. The van der Waals surface area contributed by atoms with E-state index in [9.17, 15) is 10.1 Å². The van der Waals surface area contributed by atoms with Crippen LogP contribution in [0.15, 0.2) is 18.2 Å². The molecule has 1 saturated heterocycles. The summed E-state index contributed by atoms with van der Waals surface area (Å²) < 4.78 is 5.21. The van der Waals surface area contributed by atoms with Crippen molar-refractivity contribution in [3.8, 4) is 5.75 Å². The molecule has 0 aliphatic carbocycles. The lowest BCUT2D eigenvalue weighted by Gasteiger charge is -2.32. The first-order valence-electron chi connectivity index (χ1n) is 7.07. The smallest absolute Gasteiger partial charge is 0.273 e. The number of anilines is 1. The zero-order valence-corrected chi connectivity index (χ0v) is 12.5. The van der Waals surface area contributed by atoms with E-state index >= 15 is 0 Å². The van der Waals surface area contributed by atoms with Crippen LogP contribution in [0.1, 0.15) is 0 Å². The van der Waals surface area contributed by atoms with Crippen LogP contribution >= 0.6 is 0 Å². The van der Waals surface area contributed by atoms with Gasteiger partial charge < -0.3 is 15.0 Å². The van der Waals surface area contributed by atoms with Gasteiger partial charge in [-0.2, -0.15) is 0 Å². The maximum Gasteiger partial charge on any atom is 0.273 e. The second kappa shape index (κ2) is 7.24. The molecule has 1 aromatic carbocycles. The molecule has 1 aromatic rings. The number of piperazine rings is 1. The topological polar surface area (TPSA) is 70.9 Å². The van der Waals surface area contributed by atoms with E-state index < -0.39 is 4.92 Å². The Morgan fingerprint density at radius 2 is 2.05 bits per heavy atom. The molecule has 1 aliphatic rings. The minimum atomic E-state index is -0.420. The third-order valence-corrected chi connectivity index (χ3v) is 3.74. The lowest BCUT2D eigenvalue weighted by Crippen LogP contribution is -2.45. The van der Waals surface area contributed by atoms with Crippen molar-refractivity contribution in [1.29, 1.82) is 0 Å². The van der Waals surface area contributed by atoms with Crippen molar-refractivity contribution < 1.29 is 9.66 Å². The van der Waals surface area contributed by atoms with Crippen molar-refractivity contribution in [1.82, 2.24) is 9.80 Å². The van der Waals surface area contributed by atoms with Gasteiger partial charge in [0.2, 0.25) is 0 Å². The van der Waals surface area contributed by atoms with Crippen LogP contribution in [0, 0.1) is 10.1 Å². The number of rotatable bonds is 6. The zero-order valence-electron chi connectivity index (χ0n) is 12.5. The number of non-ortho nitro benzene ring substituents is 1. The summed E-state index contributed by atoms with van der Waals surface area (Å²) in [4.78, 5) is 15.1. The molecule has 0 amide bonds. The molecule has 0 unspecified atom stereocenters. The van der Waals surface area contributed by atoms with E-state index in [0.717, 1.165) is 45.0 Å². The molecule has 7 heteroatoms. The Morgan fingerprint density at radius 1 is 1.33 bits per heavy atom.